The number of para-hydroxylation sites is 2. The lowest BCUT2D eigenvalue weighted by Crippen LogP contribution is -2.14. The zero-order valence-corrected chi connectivity index (χ0v) is 8.52. The van der Waals surface area contributed by atoms with Crippen LogP contribution in [0.3, 0.4) is 0 Å². The van der Waals surface area contributed by atoms with Crippen LogP contribution in [-0.2, 0) is 0 Å². The molecule has 0 spiro atoms. The lowest BCUT2D eigenvalue weighted by Gasteiger charge is -2.02. The van der Waals surface area contributed by atoms with E-state index in [1.807, 2.05) is 24.3 Å². The fraction of sp³-hybridized carbons (Fsp3) is 0.417. The molecule has 1 aliphatic carbocycles. The number of hydrogen-bond donors (Lipinski definition) is 1. The molecule has 1 saturated carbocycles. The molecule has 1 aromatic heterocycles. The molecule has 0 saturated heterocycles. The van der Waals surface area contributed by atoms with E-state index in [9.17, 15) is 0 Å². The molecule has 0 amide bonds. The zero-order valence-electron chi connectivity index (χ0n) is 8.52. The normalized spacial score (nSPS) is 26.2. The molecule has 2 atom stereocenters. The van der Waals surface area contributed by atoms with Crippen LogP contribution in [0.5, 0.6) is 0 Å². The molecule has 15 heavy (non-hydrogen) atoms. The van der Waals surface area contributed by atoms with Crippen LogP contribution in [0.15, 0.2) is 28.7 Å². The quantitative estimate of drug-likeness (QED) is 0.772. The maximum absolute atomic E-state index is 5.89. The highest BCUT2D eigenvalue weighted by Crippen LogP contribution is 2.34. The largest absolute Gasteiger partial charge is 0.440 e. The topological polar surface area (TPSA) is 52.0 Å². The first-order valence-corrected chi connectivity index (χ1v) is 5.44. The second kappa shape index (κ2) is 3.35. The van der Waals surface area contributed by atoms with E-state index in [2.05, 4.69) is 4.98 Å². The predicted octanol–water partition coefficient (Wildman–Crippen LogP) is 2.42. The Morgan fingerprint density at radius 1 is 1.27 bits per heavy atom. The van der Waals surface area contributed by atoms with E-state index in [4.69, 9.17) is 10.2 Å². The van der Waals surface area contributed by atoms with Gasteiger partial charge in [-0.1, -0.05) is 12.1 Å². The van der Waals surface area contributed by atoms with Crippen molar-refractivity contribution in [2.24, 2.45) is 5.73 Å². The SMILES string of the molecule is N[C@H]1CC[C@@H](c2nc3ccccc3o2)C1. The molecule has 3 heteroatoms. The van der Waals surface area contributed by atoms with Gasteiger partial charge in [0.2, 0.25) is 0 Å². The standard InChI is InChI=1S/C12H14N2O/c13-9-6-5-8(7-9)12-14-10-3-1-2-4-11(10)15-12/h1-4,8-9H,5-7,13H2/t8-,9+/m1/s1. The number of fused-ring (bicyclic) bond motifs is 1. The highest BCUT2D eigenvalue weighted by atomic mass is 16.3. The van der Waals surface area contributed by atoms with Gasteiger partial charge in [-0.25, -0.2) is 4.98 Å². The number of hydrogen-bond acceptors (Lipinski definition) is 3. The van der Waals surface area contributed by atoms with Gasteiger partial charge in [0, 0.05) is 12.0 Å². The summed E-state index contributed by atoms with van der Waals surface area (Å²) in [6, 6.07) is 8.22. The average Bonchev–Trinajstić information content (AvgIpc) is 2.82. The van der Waals surface area contributed by atoms with Crippen molar-refractivity contribution < 1.29 is 4.42 Å². The summed E-state index contributed by atoms with van der Waals surface area (Å²) in [5.74, 6) is 1.29. The third-order valence-electron chi connectivity index (χ3n) is 3.13. The number of aromatic nitrogens is 1. The summed E-state index contributed by atoms with van der Waals surface area (Å²) < 4.78 is 5.73. The summed E-state index contributed by atoms with van der Waals surface area (Å²) in [5, 5.41) is 0. The van der Waals surface area contributed by atoms with Crippen molar-refractivity contribution in [2.75, 3.05) is 0 Å². The van der Waals surface area contributed by atoms with E-state index in [0.717, 1.165) is 36.3 Å². The van der Waals surface area contributed by atoms with Gasteiger partial charge in [-0.2, -0.15) is 0 Å². The molecule has 0 bridgehead atoms. The van der Waals surface area contributed by atoms with Gasteiger partial charge in [0.1, 0.15) is 5.52 Å². The van der Waals surface area contributed by atoms with Gasteiger partial charge in [-0.05, 0) is 31.4 Å². The summed E-state index contributed by atoms with van der Waals surface area (Å²) in [7, 11) is 0. The van der Waals surface area contributed by atoms with E-state index < -0.39 is 0 Å². The Morgan fingerprint density at radius 2 is 2.13 bits per heavy atom. The monoisotopic (exact) mass is 202 g/mol. The minimum Gasteiger partial charge on any atom is -0.440 e. The molecule has 2 N–H and O–H groups in total. The average molecular weight is 202 g/mol. The second-order valence-electron chi connectivity index (χ2n) is 4.29. The van der Waals surface area contributed by atoms with Crippen molar-refractivity contribution in [1.29, 1.82) is 0 Å². The predicted molar refractivity (Wildman–Crippen MR) is 58.6 cm³/mol. The molecular weight excluding hydrogens is 188 g/mol. The molecule has 0 unspecified atom stereocenters. The van der Waals surface area contributed by atoms with Gasteiger partial charge < -0.3 is 10.2 Å². The van der Waals surface area contributed by atoms with Crippen LogP contribution in [0.4, 0.5) is 0 Å². The third-order valence-corrected chi connectivity index (χ3v) is 3.13. The lowest BCUT2D eigenvalue weighted by atomic mass is 10.1. The molecule has 2 aromatic rings. The van der Waals surface area contributed by atoms with Gasteiger partial charge in [-0.3, -0.25) is 0 Å². The Labute approximate surface area is 88.3 Å². The van der Waals surface area contributed by atoms with Gasteiger partial charge in [0.05, 0.1) is 0 Å². The van der Waals surface area contributed by atoms with E-state index in [1.54, 1.807) is 0 Å². The smallest absolute Gasteiger partial charge is 0.198 e. The second-order valence-corrected chi connectivity index (χ2v) is 4.29. The molecule has 3 nitrogen and oxygen atoms in total. The number of benzene rings is 1. The number of rotatable bonds is 1. The molecular formula is C12H14N2O. The first-order valence-electron chi connectivity index (χ1n) is 5.44. The van der Waals surface area contributed by atoms with Crippen LogP contribution < -0.4 is 5.73 Å². The van der Waals surface area contributed by atoms with E-state index >= 15 is 0 Å². The molecule has 0 aliphatic heterocycles. The number of nitrogens with two attached hydrogens (primary N) is 1. The van der Waals surface area contributed by atoms with Crippen LogP contribution in [0.25, 0.3) is 11.1 Å². The fourth-order valence-corrected chi connectivity index (χ4v) is 2.31. The van der Waals surface area contributed by atoms with Crippen molar-refractivity contribution in [3.8, 4) is 0 Å². The highest BCUT2D eigenvalue weighted by molar-refractivity contribution is 5.72. The minimum atomic E-state index is 0.324. The van der Waals surface area contributed by atoms with Gasteiger partial charge in [0.25, 0.3) is 0 Å². The number of oxazole rings is 1. The molecule has 1 aromatic carbocycles. The van der Waals surface area contributed by atoms with Crippen LogP contribution in [0, 0.1) is 0 Å². The zero-order chi connectivity index (χ0) is 10.3. The molecule has 1 fully saturated rings. The van der Waals surface area contributed by atoms with Crippen LogP contribution >= 0.6 is 0 Å². The summed E-state index contributed by atoms with van der Waals surface area (Å²) in [4.78, 5) is 4.51. The Hall–Kier alpha value is -1.35. The fourth-order valence-electron chi connectivity index (χ4n) is 2.31. The minimum absolute atomic E-state index is 0.324. The van der Waals surface area contributed by atoms with Crippen molar-refractivity contribution in [1.82, 2.24) is 4.98 Å². The van der Waals surface area contributed by atoms with E-state index in [1.165, 1.54) is 0 Å². The Kier molecular flexibility index (Phi) is 1.99. The molecule has 0 radical (unpaired) electrons. The molecule has 3 rings (SSSR count). The van der Waals surface area contributed by atoms with E-state index in [-0.39, 0.29) is 0 Å². The maximum Gasteiger partial charge on any atom is 0.198 e. The Bertz CT molecular complexity index is 444. The van der Waals surface area contributed by atoms with Crippen LogP contribution in [0.2, 0.25) is 0 Å². The van der Waals surface area contributed by atoms with Crippen molar-refractivity contribution in [3.05, 3.63) is 30.2 Å². The summed E-state index contributed by atoms with van der Waals surface area (Å²) >= 11 is 0. The number of nitrogens with zero attached hydrogens (tertiary/aromatic N) is 1. The lowest BCUT2D eigenvalue weighted by molar-refractivity contribution is 0.471. The Morgan fingerprint density at radius 3 is 2.87 bits per heavy atom. The molecule has 78 valence electrons. The van der Waals surface area contributed by atoms with E-state index in [0.29, 0.717) is 12.0 Å². The van der Waals surface area contributed by atoms with Crippen molar-refractivity contribution in [2.45, 2.75) is 31.2 Å². The first kappa shape index (κ1) is 8.92. The summed E-state index contributed by atoms with van der Waals surface area (Å²) in [5.41, 5.74) is 7.72. The van der Waals surface area contributed by atoms with Crippen molar-refractivity contribution >= 4 is 11.1 Å². The highest BCUT2D eigenvalue weighted by Gasteiger charge is 2.27. The maximum atomic E-state index is 5.89. The molecule has 1 aliphatic rings. The first-order chi connectivity index (χ1) is 7.33. The van der Waals surface area contributed by atoms with Gasteiger partial charge >= 0.3 is 0 Å². The van der Waals surface area contributed by atoms with Gasteiger partial charge in [-0.15, -0.1) is 0 Å². The summed E-state index contributed by atoms with van der Waals surface area (Å²) in [6.07, 6.45) is 3.20. The third kappa shape index (κ3) is 1.53. The molecule has 1 heterocycles. The van der Waals surface area contributed by atoms with Crippen molar-refractivity contribution in [3.63, 3.8) is 0 Å². The Balaban J connectivity index is 1.98. The van der Waals surface area contributed by atoms with Gasteiger partial charge in [0.15, 0.2) is 11.5 Å². The summed E-state index contributed by atoms with van der Waals surface area (Å²) in [6.45, 7) is 0. The van der Waals surface area contributed by atoms with Crippen LogP contribution in [0.1, 0.15) is 31.1 Å². The van der Waals surface area contributed by atoms with Crippen LogP contribution in [-0.4, -0.2) is 11.0 Å².